The number of rotatable bonds is 3. The first kappa shape index (κ1) is 16.5. The van der Waals surface area contributed by atoms with Gasteiger partial charge in [0.15, 0.2) is 0 Å². The molecule has 2 fully saturated rings. The predicted octanol–water partition coefficient (Wildman–Crippen LogP) is 3.50. The van der Waals surface area contributed by atoms with Gasteiger partial charge in [-0.05, 0) is 55.9 Å². The van der Waals surface area contributed by atoms with Crippen molar-refractivity contribution in [2.24, 2.45) is 11.8 Å². The molecule has 1 aliphatic heterocycles. The lowest BCUT2D eigenvalue weighted by Crippen LogP contribution is -2.41. The van der Waals surface area contributed by atoms with Crippen LogP contribution in [-0.4, -0.2) is 24.4 Å². The molecule has 124 valence electrons. The summed E-state index contributed by atoms with van der Waals surface area (Å²) in [4.78, 5) is 26.4. The molecular formula is C18H23BrN2O2. The van der Waals surface area contributed by atoms with Gasteiger partial charge in [-0.3, -0.25) is 9.59 Å². The first-order chi connectivity index (χ1) is 11.0. The van der Waals surface area contributed by atoms with E-state index in [0.29, 0.717) is 13.0 Å². The summed E-state index contributed by atoms with van der Waals surface area (Å²) in [7, 11) is 0. The Balaban J connectivity index is 1.58. The van der Waals surface area contributed by atoms with Crippen LogP contribution in [0.25, 0.3) is 0 Å². The fourth-order valence-electron chi connectivity index (χ4n) is 3.48. The number of hydrogen-bond donors (Lipinski definition) is 1. The number of nitrogens with zero attached hydrogens (tertiary/aromatic N) is 1. The molecule has 0 spiro atoms. The lowest BCUT2D eigenvalue weighted by Gasteiger charge is -2.27. The highest BCUT2D eigenvalue weighted by Gasteiger charge is 2.36. The molecule has 3 rings (SSSR count). The summed E-state index contributed by atoms with van der Waals surface area (Å²) in [5.74, 6) is 0.608. The molecule has 1 saturated heterocycles. The van der Waals surface area contributed by atoms with Crippen LogP contribution in [-0.2, 0) is 9.59 Å². The number of hydrogen-bond acceptors (Lipinski definition) is 2. The minimum Gasteiger partial charge on any atom is -0.353 e. The molecule has 1 saturated carbocycles. The topological polar surface area (TPSA) is 49.4 Å². The van der Waals surface area contributed by atoms with Gasteiger partial charge >= 0.3 is 0 Å². The molecular weight excluding hydrogens is 356 g/mol. The zero-order valence-corrected chi connectivity index (χ0v) is 15.0. The SMILES string of the molecule is CC1CCC(NC(=O)[C@H]2CC(=O)N(c3ccc(Br)cc3)C2)CC1. The number of anilines is 1. The lowest BCUT2D eigenvalue weighted by molar-refractivity contribution is -0.127. The van der Waals surface area contributed by atoms with Crippen LogP contribution in [0.2, 0.25) is 0 Å². The van der Waals surface area contributed by atoms with Crippen LogP contribution in [0.4, 0.5) is 5.69 Å². The first-order valence-corrected chi connectivity index (χ1v) is 9.18. The van der Waals surface area contributed by atoms with Crippen molar-refractivity contribution in [1.29, 1.82) is 0 Å². The molecule has 2 aliphatic rings. The van der Waals surface area contributed by atoms with Gasteiger partial charge in [0.2, 0.25) is 11.8 Å². The first-order valence-electron chi connectivity index (χ1n) is 8.39. The summed E-state index contributed by atoms with van der Waals surface area (Å²) in [5, 5.41) is 3.16. The van der Waals surface area contributed by atoms with Crippen LogP contribution in [0.1, 0.15) is 39.0 Å². The maximum absolute atomic E-state index is 12.5. The Morgan fingerprint density at radius 1 is 1.17 bits per heavy atom. The van der Waals surface area contributed by atoms with E-state index in [-0.39, 0.29) is 23.8 Å². The van der Waals surface area contributed by atoms with E-state index in [1.54, 1.807) is 4.90 Å². The molecule has 5 heteroatoms. The average Bonchev–Trinajstić information content (AvgIpc) is 2.92. The van der Waals surface area contributed by atoms with Crippen molar-refractivity contribution in [2.45, 2.75) is 45.1 Å². The van der Waals surface area contributed by atoms with Crippen molar-refractivity contribution in [3.05, 3.63) is 28.7 Å². The van der Waals surface area contributed by atoms with E-state index >= 15 is 0 Å². The molecule has 0 radical (unpaired) electrons. The molecule has 1 heterocycles. The van der Waals surface area contributed by atoms with Crippen LogP contribution in [0.5, 0.6) is 0 Å². The van der Waals surface area contributed by atoms with Crippen LogP contribution in [0, 0.1) is 11.8 Å². The van der Waals surface area contributed by atoms with E-state index < -0.39 is 0 Å². The van der Waals surface area contributed by atoms with Gasteiger partial charge in [0.1, 0.15) is 0 Å². The summed E-state index contributed by atoms with van der Waals surface area (Å²) in [6.07, 6.45) is 4.79. The number of carbonyl (C=O) groups is 2. The van der Waals surface area contributed by atoms with Gasteiger partial charge in [0, 0.05) is 29.2 Å². The Morgan fingerprint density at radius 2 is 1.83 bits per heavy atom. The quantitative estimate of drug-likeness (QED) is 0.874. The highest BCUT2D eigenvalue weighted by molar-refractivity contribution is 9.10. The Morgan fingerprint density at radius 3 is 2.48 bits per heavy atom. The van der Waals surface area contributed by atoms with Gasteiger partial charge in [-0.15, -0.1) is 0 Å². The van der Waals surface area contributed by atoms with Gasteiger partial charge in [0.05, 0.1) is 5.92 Å². The maximum Gasteiger partial charge on any atom is 0.227 e. The number of carbonyl (C=O) groups excluding carboxylic acids is 2. The van der Waals surface area contributed by atoms with Gasteiger partial charge in [-0.2, -0.15) is 0 Å². The molecule has 4 nitrogen and oxygen atoms in total. The second kappa shape index (κ2) is 7.04. The van der Waals surface area contributed by atoms with Gasteiger partial charge < -0.3 is 10.2 Å². The van der Waals surface area contributed by atoms with Crippen molar-refractivity contribution >= 4 is 33.4 Å². The number of nitrogens with one attached hydrogen (secondary N) is 1. The zero-order valence-electron chi connectivity index (χ0n) is 13.4. The molecule has 1 aromatic rings. The van der Waals surface area contributed by atoms with Gasteiger partial charge in [-0.1, -0.05) is 22.9 Å². The molecule has 1 aromatic carbocycles. The zero-order chi connectivity index (χ0) is 16.4. The van der Waals surface area contributed by atoms with Crippen molar-refractivity contribution in [3.63, 3.8) is 0 Å². The summed E-state index contributed by atoms with van der Waals surface area (Å²) >= 11 is 3.40. The highest BCUT2D eigenvalue weighted by Crippen LogP contribution is 2.28. The van der Waals surface area contributed by atoms with Crippen molar-refractivity contribution in [1.82, 2.24) is 5.32 Å². The van der Waals surface area contributed by atoms with Crippen LogP contribution in [0.3, 0.4) is 0 Å². The van der Waals surface area contributed by atoms with E-state index in [2.05, 4.69) is 28.2 Å². The third kappa shape index (κ3) is 3.94. The predicted molar refractivity (Wildman–Crippen MR) is 94.2 cm³/mol. The highest BCUT2D eigenvalue weighted by atomic mass is 79.9. The van der Waals surface area contributed by atoms with Gasteiger partial charge in [0.25, 0.3) is 0 Å². The van der Waals surface area contributed by atoms with E-state index in [0.717, 1.165) is 28.9 Å². The van der Waals surface area contributed by atoms with Crippen LogP contribution < -0.4 is 10.2 Å². The van der Waals surface area contributed by atoms with Crippen molar-refractivity contribution in [2.75, 3.05) is 11.4 Å². The molecule has 0 unspecified atom stereocenters. The molecule has 1 N–H and O–H groups in total. The Bertz CT molecular complexity index is 579. The average molecular weight is 379 g/mol. The Hall–Kier alpha value is -1.36. The summed E-state index contributed by atoms with van der Waals surface area (Å²) in [6.45, 7) is 2.75. The van der Waals surface area contributed by atoms with E-state index in [9.17, 15) is 9.59 Å². The third-order valence-electron chi connectivity index (χ3n) is 5.00. The molecule has 0 bridgehead atoms. The minimum atomic E-state index is -0.231. The minimum absolute atomic E-state index is 0.0322. The molecule has 0 aromatic heterocycles. The number of halogens is 1. The summed E-state index contributed by atoms with van der Waals surface area (Å²) in [6, 6.07) is 7.93. The molecule has 1 aliphatic carbocycles. The largest absolute Gasteiger partial charge is 0.353 e. The smallest absolute Gasteiger partial charge is 0.227 e. The normalized spacial score (nSPS) is 28.0. The molecule has 23 heavy (non-hydrogen) atoms. The molecule has 1 atom stereocenters. The summed E-state index contributed by atoms with van der Waals surface area (Å²) in [5.41, 5.74) is 0.861. The number of benzene rings is 1. The lowest BCUT2D eigenvalue weighted by atomic mass is 9.87. The van der Waals surface area contributed by atoms with Crippen molar-refractivity contribution in [3.8, 4) is 0 Å². The maximum atomic E-state index is 12.5. The van der Waals surface area contributed by atoms with E-state index in [4.69, 9.17) is 0 Å². The Kier molecular flexibility index (Phi) is 5.05. The second-order valence-electron chi connectivity index (χ2n) is 6.85. The van der Waals surface area contributed by atoms with Crippen molar-refractivity contribution < 1.29 is 9.59 Å². The standard InChI is InChI=1S/C18H23BrN2O2/c1-12-2-6-15(7-3-12)20-18(23)13-10-17(22)21(11-13)16-8-4-14(19)5-9-16/h4-5,8-9,12-13,15H,2-3,6-7,10-11H2,1H3,(H,20,23)/t12?,13-,15?/m0/s1. The molecule has 2 amide bonds. The fourth-order valence-corrected chi connectivity index (χ4v) is 3.74. The van der Waals surface area contributed by atoms with E-state index in [1.807, 2.05) is 24.3 Å². The van der Waals surface area contributed by atoms with Crippen LogP contribution in [0.15, 0.2) is 28.7 Å². The van der Waals surface area contributed by atoms with Gasteiger partial charge in [-0.25, -0.2) is 0 Å². The fraction of sp³-hybridized carbons (Fsp3) is 0.556. The third-order valence-corrected chi connectivity index (χ3v) is 5.53. The van der Waals surface area contributed by atoms with Crippen LogP contribution >= 0.6 is 15.9 Å². The monoisotopic (exact) mass is 378 g/mol. The number of amides is 2. The Labute approximate surface area is 145 Å². The second-order valence-corrected chi connectivity index (χ2v) is 7.76. The van der Waals surface area contributed by atoms with E-state index in [1.165, 1.54) is 12.8 Å². The summed E-state index contributed by atoms with van der Waals surface area (Å²) < 4.78 is 0.980.